The van der Waals surface area contributed by atoms with E-state index in [9.17, 15) is 8.42 Å². The molecule has 0 spiro atoms. The molecular weight excluding hydrogens is 314 g/mol. The molecule has 0 aliphatic carbocycles. The Hall–Kier alpha value is -1.11. The van der Waals surface area contributed by atoms with Crippen molar-refractivity contribution >= 4 is 10.0 Å². The number of aryl methyl sites for hydroxylation is 1. The quantitative estimate of drug-likeness (QED) is 0.728. The highest BCUT2D eigenvalue weighted by Crippen LogP contribution is 2.21. The molecule has 1 aliphatic rings. The molecule has 1 fully saturated rings. The van der Waals surface area contributed by atoms with E-state index in [0.717, 1.165) is 24.2 Å². The monoisotopic (exact) mass is 341 g/mol. The SMILES string of the molecule is CCOCC1CCCN(S(=O)(=O)CCc2cccc(OC)c2)C1. The third-order valence-electron chi connectivity index (χ3n) is 4.22. The number of sulfonamides is 1. The predicted octanol–water partition coefficient (Wildman–Crippen LogP) is 2.32. The van der Waals surface area contributed by atoms with Crippen LogP contribution >= 0.6 is 0 Å². The average molecular weight is 341 g/mol. The van der Waals surface area contributed by atoms with Crippen LogP contribution in [0.4, 0.5) is 0 Å². The standard InChI is InChI=1S/C17H27NO4S/c1-3-22-14-16-7-5-10-18(13-16)23(19,20)11-9-15-6-4-8-17(12-15)21-2/h4,6,8,12,16H,3,5,7,9-11,13-14H2,1-2H3. The van der Waals surface area contributed by atoms with Gasteiger partial charge in [-0.25, -0.2) is 12.7 Å². The van der Waals surface area contributed by atoms with Gasteiger partial charge in [-0.15, -0.1) is 0 Å². The maximum absolute atomic E-state index is 12.6. The normalized spacial score (nSPS) is 19.7. The van der Waals surface area contributed by atoms with Gasteiger partial charge in [0, 0.05) is 19.7 Å². The zero-order valence-corrected chi connectivity index (χ0v) is 14.8. The van der Waals surface area contributed by atoms with Gasteiger partial charge in [0.15, 0.2) is 0 Å². The lowest BCUT2D eigenvalue weighted by Crippen LogP contribution is -2.42. The second kappa shape index (κ2) is 8.66. The van der Waals surface area contributed by atoms with Crippen LogP contribution in [-0.4, -0.2) is 51.9 Å². The van der Waals surface area contributed by atoms with Crippen LogP contribution in [0.15, 0.2) is 24.3 Å². The lowest BCUT2D eigenvalue weighted by molar-refractivity contribution is 0.0864. The molecule has 2 rings (SSSR count). The first kappa shape index (κ1) is 18.2. The Bertz CT molecular complexity index is 588. The van der Waals surface area contributed by atoms with Gasteiger partial charge >= 0.3 is 0 Å². The number of nitrogens with zero attached hydrogens (tertiary/aromatic N) is 1. The minimum absolute atomic E-state index is 0.140. The van der Waals surface area contributed by atoms with Crippen LogP contribution in [-0.2, 0) is 21.2 Å². The van der Waals surface area contributed by atoms with Crippen molar-refractivity contribution in [1.29, 1.82) is 0 Å². The second-order valence-electron chi connectivity index (χ2n) is 5.94. The van der Waals surface area contributed by atoms with Crippen molar-refractivity contribution in [2.45, 2.75) is 26.2 Å². The first-order chi connectivity index (χ1) is 11.0. The molecule has 0 N–H and O–H groups in total. The number of ether oxygens (including phenoxy) is 2. The fourth-order valence-corrected chi connectivity index (χ4v) is 4.50. The lowest BCUT2D eigenvalue weighted by atomic mass is 10.0. The number of hydrogen-bond donors (Lipinski definition) is 0. The van der Waals surface area contributed by atoms with Crippen LogP contribution < -0.4 is 4.74 Å². The van der Waals surface area contributed by atoms with Gasteiger partial charge in [0.25, 0.3) is 0 Å². The van der Waals surface area contributed by atoms with Crippen LogP contribution in [0.1, 0.15) is 25.3 Å². The highest BCUT2D eigenvalue weighted by Gasteiger charge is 2.28. The molecular formula is C17H27NO4S. The number of benzene rings is 1. The number of rotatable bonds is 8. The van der Waals surface area contributed by atoms with Gasteiger partial charge in [-0.2, -0.15) is 0 Å². The van der Waals surface area contributed by atoms with Gasteiger partial charge < -0.3 is 9.47 Å². The number of methoxy groups -OCH3 is 1. The topological polar surface area (TPSA) is 55.8 Å². The van der Waals surface area contributed by atoms with Crippen LogP contribution in [0.3, 0.4) is 0 Å². The molecule has 0 amide bonds. The summed E-state index contributed by atoms with van der Waals surface area (Å²) in [5.74, 6) is 1.21. The predicted molar refractivity (Wildman–Crippen MR) is 91.3 cm³/mol. The Morgan fingerprint density at radius 3 is 2.91 bits per heavy atom. The summed E-state index contributed by atoms with van der Waals surface area (Å²) in [5.41, 5.74) is 0.982. The van der Waals surface area contributed by atoms with Gasteiger partial charge in [0.1, 0.15) is 5.75 Å². The zero-order chi connectivity index (χ0) is 16.7. The maximum Gasteiger partial charge on any atom is 0.214 e. The molecule has 130 valence electrons. The Morgan fingerprint density at radius 1 is 1.35 bits per heavy atom. The van der Waals surface area contributed by atoms with Gasteiger partial charge in [-0.3, -0.25) is 0 Å². The zero-order valence-electron chi connectivity index (χ0n) is 14.0. The van der Waals surface area contributed by atoms with Gasteiger partial charge in [-0.1, -0.05) is 12.1 Å². The summed E-state index contributed by atoms with van der Waals surface area (Å²) in [7, 11) is -1.61. The third kappa shape index (κ3) is 5.48. The van der Waals surface area contributed by atoms with Crippen LogP contribution in [0.5, 0.6) is 5.75 Å². The van der Waals surface area contributed by atoms with Crippen molar-refractivity contribution < 1.29 is 17.9 Å². The van der Waals surface area contributed by atoms with Gasteiger partial charge in [0.2, 0.25) is 10.0 Å². The molecule has 1 heterocycles. The van der Waals surface area contributed by atoms with Crippen molar-refractivity contribution in [3.63, 3.8) is 0 Å². The smallest absolute Gasteiger partial charge is 0.214 e. The fraction of sp³-hybridized carbons (Fsp3) is 0.647. The summed E-state index contributed by atoms with van der Waals surface area (Å²) in [6, 6.07) is 7.58. The molecule has 23 heavy (non-hydrogen) atoms. The summed E-state index contributed by atoms with van der Waals surface area (Å²) >= 11 is 0. The van der Waals surface area contributed by atoms with E-state index in [0.29, 0.717) is 38.6 Å². The van der Waals surface area contributed by atoms with E-state index < -0.39 is 10.0 Å². The van der Waals surface area contributed by atoms with Crippen LogP contribution in [0, 0.1) is 5.92 Å². The minimum atomic E-state index is -3.22. The van der Waals surface area contributed by atoms with E-state index in [1.54, 1.807) is 11.4 Å². The molecule has 1 aromatic carbocycles. The lowest BCUT2D eigenvalue weighted by Gasteiger charge is -2.31. The average Bonchev–Trinajstić information content (AvgIpc) is 2.58. The molecule has 0 radical (unpaired) electrons. The third-order valence-corrected chi connectivity index (χ3v) is 6.05. The maximum atomic E-state index is 12.6. The first-order valence-corrected chi connectivity index (χ1v) is 9.84. The second-order valence-corrected chi connectivity index (χ2v) is 8.03. The Labute approximate surface area is 139 Å². The van der Waals surface area contributed by atoms with Crippen LogP contribution in [0.25, 0.3) is 0 Å². The summed E-state index contributed by atoms with van der Waals surface area (Å²) < 4.78 is 37.4. The van der Waals surface area contributed by atoms with Crippen molar-refractivity contribution in [3.05, 3.63) is 29.8 Å². The molecule has 1 aliphatic heterocycles. The Kier molecular flexibility index (Phi) is 6.87. The number of piperidine rings is 1. The molecule has 6 heteroatoms. The Balaban J connectivity index is 1.92. The van der Waals surface area contributed by atoms with E-state index in [1.807, 2.05) is 31.2 Å². The van der Waals surface area contributed by atoms with E-state index in [-0.39, 0.29) is 5.75 Å². The fourth-order valence-electron chi connectivity index (χ4n) is 2.90. The van der Waals surface area contributed by atoms with E-state index in [1.165, 1.54) is 0 Å². The first-order valence-electron chi connectivity index (χ1n) is 8.23. The van der Waals surface area contributed by atoms with Crippen molar-refractivity contribution in [2.75, 3.05) is 39.2 Å². The molecule has 1 saturated heterocycles. The summed E-state index contributed by atoms with van der Waals surface area (Å²) in [6.07, 6.45) is 2.46. The Morgan fingerprint density at radius 2 is 2.17 bits per heavy atom. The molecule has 0 bridgehead atoms. The van der Waals surface area contributed by atoms with Crippen LogP contribution in [0.2, 0.25) is 0 Å². The molecule has 5 nitrogen and oxygen atoms in total. The van der Waals surface area contributed by atoms with Gasteiger partial charge in [0.05, 0.1) is 19.5 Å². The van der Waals surface area contributed by atoms with E-state index in [4.69, 9.17) is 9.47 Å². The summed E-state index contributed by atoms with van der Waals surface area (Å²) in [6.45, 7) is 4.51. The van der Waals surface area contributed by atoms with Gasteiger partial charge in [-0.05, 0) is 49.8 Å². The molecule has 1 aromatic rings. The van der Waals surface area contributed by atoms with Crippen molar-refractivity contribution in [2.24, 2.45) is 5.92 Å². The molecule has 1 unspecified atom stereocenters. The minimum Gasteiger partial charge on any atom is -0.497 e. The summed E-state index contributed by atoms with van der Waals surface area (Å²) in [4.78, 5) is 0. The molecule has 0 aromatic heterocycles. The van der Waals surface area contributed by atoms with Crippen molar-refractivity contribution in [1.82, 2.24) is 4.31 Å². The highest BCUT2D eigenvalue weighted by atomic mass is 32.2. The number of hydrogen-bond acceptors (Lipinski definition) is 4. The highest BCUT2D eigenvalue weighted by molar-refractivity contribution is 7.89. The largest absolute Gasteiger partial charge is 0.497 e. The van der Waals surface area contributed by atoms with Crippen molar-refractivity contribution in [3.8, 4) is 5.75 Å². The molecule has 1 atom stereocenters. The summed E-state index contributed by atoms with van der Waals surface area (Å²) in [5, 5.41) is 0. The van der Waals surface area contributed by atoms with E-state index in [2.05, 4.69) is 0 Å². The molecule has 0 saturated carbocycles. The van der Waals surface area contributed by atoms with E-state index >= 15 is 0 Å².